The van der Waals surface area contributed by atoms with E-state index >= 15 is 0 Å². The SMILES string of the molecule is CC1CCN(Cc2cccc(CNC(=O)[C@@H]3CCC[C@@H]3CN)c2)CC1.Cl.Cl. The van der Waals surface area contributed by atoms with Crippen molar-refractivity contribution < 1.29 is 4.79 Å². The first-order valence-corrected chi connectivity index (χ1v) is 9.93. The summed E-state index contributed by atoms with van der Waals surface area (Å²) in [4.78, 5) is 15.0. The van der Waals surface area contributed by atoms with Crippen LogP contribution < -0.4 is 11.1 Å². The predicted octanol–water partition coefficient (Wildman–Crippen LogP) is 3.75. The summed E-state index contributed by atoms with van der Waals surface area (Å²) in [6.45, 7) is 7.01. The topological polar surface area (TPSA) is 58.4 Å². The number of hydrogen-bond acceptors (Lipinski definition) is 3. The van der Waals surface area contributed by atoms with E-state index in [4.69, 9.17) is 5.73 Å². The molecule has 1 saturated carbocycles. The number of carbonyl (C=O) groups is 1. The van der Waals surface area contributed by atoms with E-state index in [0.29, 0.717) is 19.0 Å². The van der Waals surface area contributed by atoms with Gasteiger partial charge in [-0.05, 0) is 68.3 Å². The number of nitrogens with zero attached hydrogens (tertiary/aromatic N) is 1. The van der Waals surface area contributed by atoms with Crippen molar-refractivity contribution >= 4 is 30.7 Å². The molecule has 27 heavy (non-hydrogen) atoms. The van der Waals surface area contributed by atoms with E-state index in [1.165, 1.54) is 37.1 Å². The Morgan fingerprint density at radius 3 is 2.56 bits per heavy atom. The first kappa shape index (κ1) is 24.2. The Bertz CT molecular complexity index is 576. The number of carbonyl (C=O) groups excluding carboxylic acids is 1. The summed E-state index contributed by atoms with van der Waals surface area (Å²) < 4.78 is 0. The number of benzene rings is 1. The minimum Gasteiger partial charge on any atom is -0.352 e. The van der Waals surface area contributed by atoms with Gasteiger partial charge in [-0.3, -0.25) is 9.69 Å². The van der Waals surface area contributed by atoms with Crippen molar-refractivity contribution in [3.63, 3.8) is 0 Å². The molecule has 3 N–H and O–H groups in total. The lowest BCUT2D eigenvalue weighted by atomic mass is 9.95. The molecule has 0 radical (unpaired) electrons. The maximum Gasteiger partial charge on any atom is 0.223 e. The van der Waals surface area contributed by atoms with Crippen LogP contribution in [0.4, 0.5) is 0 Å². The molecule has 0 unspecified atom stereocenters. The van der Waals surface area contributed by atoms with Crippen molar-refractivity contribution in [3.8, 4) is 0 Å². The lowest BCUT2D eigenvalue weighted by molar-refractivity contribution is -0.126. The molecule has 1 aliphatic carbocycles. The highest BCUT2D eigenvalue weighted by atomic mass is 35.5. The maximum absolute atomic E-state index is 12.4. The van der Waals surface area contributed by atoms with Crippen LogP contribution in [0.5, 0.6) is 0 Å². The number of nitrogens with one attached hydrogen (secondary N) is 1. The number of piperidine rings is 1. The second-order valence-electron chi connectivity index (χ2n) is 8.03. The van der Waals surface area contributed by atoms with Crippen molar-refractivity contribution in [3.05, 3.63) is 35.4 Å². The van der Waals surface area contributed by atoms with Gasteiger partial charge in [0.05, 0.1) is 0 Å². The van der Waals surface area contributed by atoms with Crippen LogP contribution in [0.25, 0.3) is 0 Å². The standard InChI is InChI=1S/C21H33N3O.2ClH/c1-16-8-10-24(11-9-16)15-18-5-2-4-17(12-18)14-23-21(25)20-7-3-6-19(20)13-22;;/h2,4-5,12,16,19-20H,3,6-11,13-15,22H2,1H3,(H,23,25);2*1H/t19-,20-;;/m1../s1. The van der Waals surface area contributed by atoms with Gasteiger partial charge in [0.2, 0.25) is 5.91 Å². The first-order chi connectivity index (χ1) is 12.2. The van der Waals surface area contributed by atoms with Crippen LogP contribution in [0.2, 0.25) is 0 Å². The lowest BCUT2D eigenvalue weighted by Crippen LogP contribution is -2.34. The number of rotatable bonds is 6. The van der Waals surface area contributed by atoms with Crippen LogP contribution in [0.3, 0.4) is 0 Å². The van der Waals surface area contributed by atoms with Gasteiger partial charge in [-0.25, -0.2) is 0 Å². The van der Waals surface area contributed by atoms with Crippen molar-refractivity contribution in [1.29, 1.82) is 0 Å². The number of hydrogen-bond donors (Lipinski definition) is 2. The highest BCUT2D eigenvalue weighted by Crippen LogP contribution is 2.31. The molecule has 1 heterocycles. The van der Waals surface area contributed by atoms with Gasteiger partial charge in [-0.15, -0.1) is 24.8 Å². The van der Waals surface area contributed by atoms with Gasteiger partial charge < -0.3 is 11.1 Å². The molecule has 0 spiro atoms. The average Bonchev–Trinajstić information content (AvgIpc) is 3.11. The molecule has 3 rings (SSSR count). The van der Waals surface area contributed by atoms with E-state index in [1.54, 1.807) is 0 Å². The van der Waals surface area contributed by atoms with Crippen LogP contribution in [0.15, 0.2) is 24.3 Å². The van der Waals surface area contributed by atoms with E-state index in [-0.39, 0.29) is 36.6 Å². The third kappa shape index (κ3) is 6.94. The highest BCUT2D eigenvalue weighted by molar-refractivity contribution is 5.85. The molecule has 0 bridgehead atoms. The molecular formula is C21H35Cl2N3O. The zero-order chi connectivity index (χ0) is 17.6. The Balaban J connectivity index is 0.00000182. The number of halogens is 2. The third-order valence-electron chi connectivity index (χ3n) is 6.04. The molecule has 2 aliphatic rings. The zero-order valence-corrected chi connectivity index (χ0v) is 18.0. The molecule has 0 aromatic heterocycles. The largest absolute Gasteiger partial charge is 0.352 e. The summed E-state index contributed by atoms with van der Waals surface area (Å²) in [6, 6.07) is 8.66. The van der Waals surface area contributed by atoms with E-state index < -0.39 is 0 Å². The fourth-order valence-corrected chi connectivity index (χ4v) is 4.30. The Kier molecular flexibility index (Phi) is 10.7. The van der Waals surface area contributed by atoms with E-state index in [2.05, 4.69) is 41.4 Å². The summed E-state index contributed by atoms with van der Waals surface area (Å²) in [5, 5.41) is 3.13. The van der Waals surface area contributed by atoms with Gasteiger partial charge in [-0.1, -0.05) is 37.6 Å². The molecule has 6 heteroatoms. The minimum absolute atomic E-state index is 0. The Labute approximate surface area is 176 Å². The second kappa shape index (κ2) is 11.9. The van der Waals surface area contributed by atoms with Crippen LogP contribution >= 0.6 is 24.8 Å². The van der Waals surface area contributed by atoms with Gasteiger partial charge in [0.1, 0.15) is 0 Å². The molecule has 1 amide bonds. The lowest BCUT2D eigenvalue weighted by Gasteiger charge is -2.30. The smallest absolute Gasteiger partial charge is 0.223 e. The summed E-state index contributed by atoms with van der Waals surface area (Å²) in [6.07, 6.45) is 5.82. The minimum atomic E-state index is 0. The highest BCUT2D eigenvalue weighted by Gasteiger charge is 2.31. The summed E-state index contributed by atoms with van der Waals surface area (Å²) in [7, 11) is 0. The average molecular weight is 416 g/mol. The summed E-state index contributed by atoms with van der Waals surface area (Å²) in [5.41, 5.74) is 8.34. The number of nitrogens with two attached hydrogens (primary N) is 1. The van der Waals surface area contributed by atoms with Gasteiger partial charge >= 0.3 is 0 Å². The quantitative estimate of drug-likeness (QED) is 0.743. The Morgan fingerprint density at radius 1 is 1.15 bits per heavy atom. The predicted molar refractivity (Wildman–Crippen MR) is 116 cm³/mol. The third-order valence-corrected chi connectivity index (χ3v) is 6.04. The van der Waals surface area contributed by atoms with Crippen LogP contribution in [-0.4, -0.2) is 30.4 Å². The summed E-state index contributed by atoms with van der Waals surface area (Å²) >= 11 is 0. The van der Waals surface area contributed by atoms with Gasteiger partial charge in [-0.2, -0.15) is 0 Å². The molecule has 1 aromatic carbocycles. The number of likely N-dealkylation sites (tertiary alicyclic amines) is 1. The van der Waals surface area contributed by atoms with Crippen molar-refractivity contribution in [2.45, 2.75) is 52.1 Å². The molecule has 1 aromatic rings. The normalized spacial score (nSPS) is 23.3. The van der Waals surface area contributed by atoms with Crippen LogP contribution in [0, 0.1) is 17.8 Å². The maximum atomic E-state index is 12.4. The molecule has 2 fully saturated rings. The van der Waals surface area contributed by atoms with Gasteiger partial charge in [0.25, 0.3) is 0 Å². The number of amides is 1. The molecule has 2 atom stereocenters. The van der Waals surface area contributed by atoms with Crippen molar-refractivity contribution in [2.75, 3.05) is 19.6 Å². The molecular weight excluding hydrogens is 381 g/mol. The van der Waals surface area contributed by atoms with E-state index in [1.807, 2.05) is 0 Å². The molecule has 1 saturated heterocycles. The van der Waals surface area contributed by atoms with Gasteiger partial charge in [0, 0.05) is 19.0 Å². The monoisotopic (exact) mass is 415 g/mol. The fourth-order valence-electron chi connectivity index (χ4n) is 4.30. The molecule has 1 aliphatic heterocycles. The van der Waals surface area contributed by atoms with Crippen LogP contribution in [0.1, 0.15) is 50.2 Å². The zero-order valence-electron chi connectivity index (χ0n) is 16.4. The van der Waals surface area contributed by atoms with E-state index in [0.717, 1.165) is 31.7 Å². The Morgan fingerprint density at radius 2 is 1.85 bits per heavy atom. The second-order valence-corrected chi connectivity index (χ2v) is 8.03. The van der Waals surface area contributed by atoms with Gasteiger partial charge in [0.15, 0.2) is 0 Å². The van der Waals surface area contributed by atoms with Crippen LogP contribution in [-0.2, 0) is 17.9 Å². The fraction of sp³-hybridized carbons (Fsp3) is 0.667. The first-order valence-electron chi connectivity index (χ1n) is 9.93. The van der Waals surface area contributed by atoms with E-state index in [9.17, 15) is 4.79 Å². The molecule has 4 nitrogen and oxygen atoms in total. The van der Waals surface area contributed by atoms with Crippen molar-refractivity contribution in [2.24, 2.45) is 23.5 Å². The Hall–Kier alpha value is -0.810. The molecule has 154 valence electrons. The van der Waals surface area contributed by atoms with Crippen molar-refractivity contribution in [1.82, 2.24) is 10.2 Å². The summed E-state index contributed by atoms with van der Waals surface area (Å²) in [5.74, 6) is 1.53.